The lowest BCUT2D eigenvalue weighted by Crippen LogP contribution is -2.17. The van der Waals surface area contributed by atoms with Crippen LogP contribution in [0.25, 0.3) is 0 Å². The first kappa shape index (κ1) is 14.1. The minimum atomic E-state index is 0.793. The van der Waals surface area contributed by atoms with Gasteiger partial charge in [-0.05, 0) is 53.2 Å². The summed E-state index contributed by atoms with van der Waals surface area (Å²) in [6.45, 7) is 3.94. The first-order valence-corrected chi connectivity index (χ1v) is 7.12. The SMILES string of the molecule is Cc1ccc(CN(C)Cc2ccc(Br)c(N)c2)cc1. The molecule has 0 radical (unpaired) electrons. The van der Waals surface area contributed by atoms with Gasteiger partial charge >= 0.3 is 0 Å². The molecule has 3 heteroatoms. The average molecular weight is 319 g/mol. The second-order valence-electron chi connectivity index (χ2n) is 5.01. The number of rotatable bonds is 4. The van der Waals surface area contributed by atoms with E-state index in [1.807, 2.05) is 12.1 Å². The summed E-state index contributed by atoms with van der Waals surface area (Å²) in [6, 6.07) is 14.8. The van der Waals surface area contributed by atoms with Crippen molar-refractivity contribution in [2.45, 2.75) is 20.0 Å². The van der Waals surface area contributed by atoms with E-state index in [1.54, 1.807) is 0 Å². The lowest BCUT2D eigenvalue weighted by molar-refractivity contribution is 0.319. The molecule has 0 fully saturated rings. The Morgan fingerprint density at radius 1 is 1.00 bits per heavy atom. The molecule has 2 aromatic rings. The Labute approximate surface area is 123 Å². The zero-order valence-corrected chi connectivity index (χ0v) is 12.9. The fourth-order valence-electron chi connectivity index (χ4n) is 2.06. The van der Waals surface area contributed by atoms with Gasteiger partial charge in [0.15, 0.2) is 0 Å². The zero-order chi connectivity index (χ0) is 13.8. The number of halogens is 1. The molecule has 0 spiro atoms. The number of hydrogen-bond acceptors (Lipinski definition) is 2. The summed E-state index contributed by atoms with van der Waals surface area (Å²) in [7, 11) is 2.12. The number of nitrogens with zero attached hydrogens (tertiary/aromatic N) is 1. The molecule has 0 aromatic heterocycles. The summed E-state index contributed by atoms with van der Waals surface area (Å²) in [6.07, 6.45) is 0. The molecule has 19 heavy (non-hydrogen) atoms. The fourth-order valence-corrected chi connectivity index (χ4v) is 2.31. The molecule has 0 saturated carbocycles. The predicted octanol–water partition coefficient (Wildman–Crippen LogP) is 3.97. The van der Waals surface area contributed by atoms with Crippen LogP contribution in [0.5, 0.6) is 0 Å². The largest absolute Gasteiger partial charge is 0.398 e. The van der Waals surface area contributed by atoms with E-state index in [0.29, 0.717) is 0 Å². The van der Waals surface area contributed by atoms with Gasteiger partial charge in [0.1, 0.15) is 0 Å². The molecule has 0 amide bonds. The molecule has 0 bridgehead atoms. The lowest BCUT2D eigenvalue weighted by Gasteiger charge is -2.17. The minimum Gasteiger partial charge on any atom is -0.398 e. The van der Waals surface area contributed by atoms with Crippen LogP contribution in [0.1, 0.15) is 16.7 Å². The molecule has 0 unspecified atom stereocenters. The van der Waals surface area contributed by atoms with E-state index in [0.717, 1.165) is 23.2 Å². The van der Waals surface area contributed by atoms with Crippen LogP contribution in [0.4, 0.5) is 5.69 Å². The van der Waals surface area contributed by atoms with Gasteiger partial charge in [-0.1, -0.05) is 35.9 Å². The third-order valence-electron chi connectivity index (χ3n) is 3.09. The van der Waals surface area contributed by atoms with E-state index < -0.39 is 0 Å². The normalized spacial score (nSPS) is 10.9. The van der Waals surface area contributed by atoms with Gasteiger partial charge in [0.2, 0.25) is 0 Å². The topological polar surface area (TPSA) is 29.3 Å². The molecule has 100 valence electrons. The fraction of sp³-hybridized carbons (Fsp3) is 0.250. The molecule has 2 aromatic carbocycles. The highest BCUT2D eigenvalue weighted by Crippen LogP contribution is 2.21. The Morgan fingerprint density at radius 2 is 1.58 bits per heavy atom. The van der Waals surface area contributed by atoms with Crippen LogP contribution >= 0.6 is 15.9 Å². The van der Waals surface area contributed by atoms with Gasteiger partial charge in [-0.25, -0.2) is 0 Å². The van der Waals surface area contributed by atoms with Gasteiger partial charge in [-0.15, -0.1) is 0 Å². The van der Waals surface area contributed by atoms with Crippen LogP contribution in [-0.2, 0) is 13.1 Å². The summed E-state index contributed by atoms with van der Waals surface area (Å²) in [4.78, 5) is 2.29. The summed E-state index contributed by atoms with van der Waals surface area (Å²) < 4.78 is 0.956. The Bertz CT molecular complexity index is 549. The van der Waals surface area contributed by atoms with Crippen molar-refractivity contribution in [3.8, 4) is 0 Å². The summed E-state index contributed by atoms with van der Waals surface area (Å²) >= 11 is 3.42. The quantitative estimate of drug-likeness (QED) is 0.864. The maximum absolute atomic E-state index is 5.90. The molecular weight excluding hydrogens is 300 g/mol. The highest BCUT2D eigenvalue weighted by molar-refractivity contribution is 9.10. The Hall–Kier alpha value is -1.32. The van der Waals surface area contributed by atoms with Crippen LogP contribution in [0.2, 0.25) is 0 Å². The summed E-state index contributed by atoms with van der Waals surface area (Å²) in [5.41, 5.74) is 10.6. The van der Waals surface area contributed by atoms with Gasteiger partial charge in [-0.2, -0.15) is 0 Å². The molecule has 0 aliphatic rings. The molecule has 0 heterocycles. The zero-order valence-electron chi connectivity index (χ0n) is 11.4. The molecule has 0 saturated heterocycles. The van der Waals surface area contributed by atoms with Crippen molar-refractivity contribution in [1.82, 2.24) is 4.90 Å². The van der Waals surface area contributed by atoms with E-state index in [4.69, 9.17) is 5.73 Å². The minimum absolute atomic E-state index is 0.793. The van der Waals surface area contributed by atoms with Crippen LogP contribution in [0.3, 0.4) is 0 Å². The summed E-state index contributed by atoms with van der Waals surface area (Å²) in [5, 5.41) is 0. The summed E-state index contributed by atoms with van der Waals surface area (Å²) in [5.74, 6) is 0. The predicted molar refractivity (Wildman–Crippen MR) is 84.9 cm³/mol. The number of benzene rings is 2. The number of anilines is 1. The van der Waals surface area contributed by atoms with Gasteiger partial charge in [0.25, 0.3) is 0 Å². The second kappa shape index (κ2) is 6.22. The van der Waals surface area contributed by atoms with Crippen molar-refractivity contribution in [2.24, 2.45) is 0 Å². The second-order valence-corrected chi connectivity index (χ2v) is 5.87. The average Bonchev–Trinajstić information content (AvgIpc) is 2.37. The Balaban J connectivity index is 1.98. The number of nitrogens with two attached hydrogens (primary N) is 1. The van der Waals surface area contributed by atoms with Gasteiger partial charge < -0.3 is 5.73 Å². The first-order valence-electron chi connectivity index (χ1n) is 6.32. The van der Waals surface area contributed by atoms with E-state index in [-0.39, 0.29) is 0 Å². The van der Waals surface area contributed by atoms with Crippen molar-refractivity contribution < 1.29 is 0 Å². The smallest absolute Gasteiger partial charge is 0.0461 e. The first-order chi connectivity index (χ1) is 9.04. The van der Waals surface area contributed by atoms with Gasteiger partial charge in [0, 0.05) is 23.2 Å². The van der Waals surface area contributed by atoms with Crippen molar-refractivity contribution in [3.63, 3.8) is 0 Å². The molecule has 2 rings (SSSR count). The van der Waals surface area contributed by atoms with E-state index >= 15 is 0 Å². The highest BCUT2D eigenvalue weighted by atomic mass is 79.9. The Morgan fingerprint density at radius 3 is 2.21 bits per heavy atom. The van der Waals surface area contributed by atoms with E-state index in [1.165, 1.54) is 16.7 Å². The van der Waals surface area contributed by atoms with Crippen LogP contribution in [0.15, 0.2) is 46.9 Å². The van der Waals surface area contributed by atoms with Crippen molar-refractivity contribution in [2.75, 3.05) is 12.8 Å². The third-order valence-corrected chi connectivity index (χ3v) is 3.81. The third kappa shape index (κ3) is 4.08. The molecule has 2 N–H and O–H groups in total. The highest BCUT2D eigenvalue weighted by Gasteiger charge is 2.03. The van der Waals surface area contributed by atoms with Crippen LogP contribution in [0, 0.1) is 6.92 Å². The van der Waals surface area contributed by atoms with Gasteiger partial charge in [0.05, 0.1) is 0 Å². The van der Waals surface area contributed by atoms with Crippen molar-refractivity contribution >= 4 is 21.6 Å². The number of nitrogen functional groups attached to an aromatic ring is 1. The monoisotopic (exact) mass is 318 g/mol. The van der Waals surface area contributed by atoms with Crippen molar-refractivity contribution in [1.29, 1.82) is 0 Å². The van der Waals surface area contributed by atoms with Crippen LogP contribution in [-0.4, -0.2) is 11.9 Å². The maximum Gasteiger partial charge on any atom is 0.0461 e. The molecule has 2 nitrogen and oxygen atoms in total. The van der Waals surface area contributed by atoms with Crippen molar-refractivity contribution in [3.05, 3.63) is 63.6 Å². The molecule has 0 atom stereocenters. The molecular formula is C16H19BrN2. The number of hydrogen-bond donors (Lipinski definition) is 1. The standard InChI is InChI=1S/C16H19BrN2/c1-12-3-5-13(6-4-12)10-19(2)11-14-7-8-15(17)16(18)9-14/h3-9H,10-11,18H2,1-2H3. The molecule has 0 aliphatic carbocycles. The van der Waals surface area contributed by atoms with E-state index in [2.05, 4.69) is 65.1 Å². The lowest BCUT2D eigenvalue weighted by atomic mass is 10.1. The maximum atomic E-state index is 5.90. The Kier molecular flexibility index (Phi) is 4.61. The van der Waals surface area contributed by atoms with Crippen LogP contribution < -0.4 is 5.73 Å². The van der Waals surface area contributed by atoms with E-state index in [9.17, 15) is 0 Å². The van der Waals surface area contributed by atoms with Gasteiger partial charge in [-0.3, -0.25) is 4.90 Å². The molecule has 0 aliphatic heterocycles. The number of aryl methyl sites for hydroxylation is 1.